The molecule has 36 heavy (non-hydrogen) atoms. The number of aromatic nitrogens is 4. The maximum atomic E-state index is 12.3. The van der Waals surface area contributed by atoms with E-state index in [1.807, 2.05) is 0 Å². The van der Waals surface area contributed by atoms with Crippen LogP contribution in [-0.4, -0.2) is 75.1 Å². The Kier molecular flexibility index (Phi) is 8.21. The molecule has 1 saturated heterocycles. The van der Waals surface area contributed by atoms with Gasteiger partial charge < -0.3 is 39.9 Å². The van der Waals surface area contributed by atoms with Gasteiger partial charge in [-0.25, -0.2) is 13.4 Å². The average Bonchev–Trinajstić information content (AvgIpc) is 3.20. The first-order valence-corrected chi connectivity index (χ1v) is 14.8. The fourth-order valence-electron chi connectivity index (χ4n) is 3.33. The molecule has 2 aromatic rings. The van der Waals surface area contributed by atoms with Crippen LogP contribution >= 0.6 is 46.2 Å². The van der Waals surface area contributed by atoms with Crippen LogP contribution in [0.4, 0.5) is 5.95 Å². The number of anilines is 1. The predicted octanol–water partition coefficient (Wildman–Crippen LogP) is -1.01. The fourth-order valence-corrected chi connectivity index (χ4v) is 7.57. The van der Waals surface area contributed by atoms with E-state index in [9.17, 15) is 33.4 Å². The topological polar surface area (TPSA) is 270 Å². The van der Waals surface area contributed by atoms with Crippen molar-refractivity contribution in [2.24, 2.45) is 7.05 Å². The number of phosphoric acid groups is 1. The zero-order valence-electron chi connectivity index (χ0n) is 18.1. The van der Waals surface area contributed by atoms with Gasteiger partial charge in [-0.1, -0.05) is 28.2 Å². The molecule has 6 atom stereocenters. The van der Waals surface area contributed by atoms with E-state index >= 15 is 0 Å². The van der Waals surface area contributed by atoms with Crippen molar-refractivity contribution in [1.82, 2.24) is 14.5 Å². The summed E-state index contributed by atoms with van der Waals surface area (Å²) in [4.78, 5) is 56.2. The van der Waals surface area contributed by atoms with E-state index in [4.69, 9.17) is 48.2 Å². The maximum absolute atomic E-state index is 12.3. The van der Waals surface area contributed by atoms with E-state index in [0.717, 1.165) is 0 Å². The van der Waals surface area contributed by atoms with Crippen LogP contribution in [0.2, 0.25) is 0 Å². The minimum atomic E-state index is -5.88. The molecule has 2 unspecified atom stereocenters. The van der Waals surface area contributed by atoms with Crippen molar-refractivity contribution in [2.45, 2.75) is 28.4 Å². The second kappa shape index (κ2) is 9.98. The molecular weight excluding hydrogens is 598 g/mol. The molecule has 3 heterocycles. The number of aliphatic hydroxyl groups excluding tert-OH is 1. The van der Waals surface area contributed by atoms with Gasteiger partial charge >= 0.3 is 32.5 Å². The van der Waals surface area contributed by atoms with Crippen molar-refractivity contribution < 1.29 is 61.3 Å². The van der Waals surface area contributed by atoms with Crippen LogP contribution in [0.15, 0.2) is 11.1 Å². The first kappa shape index (κ1) is 29.6. The third-order valence-corrected chi connectivity index (χ3v) is 12.7. The smallest absolute Gasteiger partial charge is 0.387 e. The second-order valence-electron chi connectivity index (χ2n) is 7.43. The van der Waals surface area contributed by atoms with Gasteiger partial charge in [0.25, 0.3) is 11.5 Å². The highest BCUT2D eigenvalue weighted by Crippen LogP contribution is 2.79. The van der Waals surface area contributed by atoms with Gasteiger partial charge in [0.05, 0.1) is 13.7 Å². The van der Waals surface area contributed by atoms with Crippen molar-refractivity contribution in [3.8, 4) is 0 Å². The van der Waals surface area contributed by atoms with Gasteiger partial charge in [0.15, 0.2) is 6.33 Å². The quantitative estimate of drug-likeness (QED) is 0.101. The lowest BCUT2D eigenvalue weighted by atomic mass is 10.1. The second-order valence-corrected chi connectivity index (χ2v) is 15.5. The Morgan fingerprint density at radius 2 is 1.92 bits per heavy atom. The number of hydrogen-bond acceptors (Lipinski definition) is 11. The Morgan fingerprint density at radius 1 is 1.31 bits per heavy atom. The molecule has 23 heteroatoms. The van der Waals surface area contributed by atoms with Crippen molar-refractivity contribution in [1.29, 1.82) is 0 Å². The monoisotopic (exact) mass is 618 g/mol. The van der Waals surface area contributed by atoms with Gasteiger partial charge in [0, 0.05) is 7.11 Å². The molecule has 8 N–H and O–H groups in total. The maximum Gasteiger partial charge on any atom is 0.479 e. The molecule has 1 aliphatic heterocycles. The zero-order chi connectivity index (χ0) is 27.4. The molecule has 1 aliphatic rings. The highest BCUT2D eigenvalue weighted by Gasteiger charge is 2.62. The molecule has 2 aromatic heterocycles. The number of nitrogens with two attached hydrogens (primary N) is 1. The van der Waals surface area contributed by atoms with E-state index in [-0.39, 0.29) is 17.1 Å². The van der Waals surface area contributed by atoms with Gasteiger partial charge in [0.2, 0.25) is 11.7 Å². The molecule has 0 bridgehead atoms. The predicted molar refractivity (Wildman–Crippen MR) is 120 cm³/mol. The number of methoxy groups -OCH3 is 1. The van der Waals surface area contributed by atoms with Crippen LogP contribution < -0.4 is 15.9 Å². The molecular formula is C13H21Cl2N5O13P3+. The van der Waals surface area contributed by atoms with Gasteiger partial charge in [-0.2, -0.15) is 0 Å². The first-order valence-electron chi connectivity index (χ1n) is 9.40. The molecule has 204 valence electrons. The summed E-state index contributed by atoms with van der Waals surface area (Å²) in [6.45, 7) is -0.958. The highest BCUT2D eigenvalue weighted by atomic mass is 35.5. The summed E-state index contributed by atoms with van der Waals surface area (Å²) >= 11 is 10.4. The summed E-state index contributed by atoms with van der Waals surface area (Å²) in [6.07, 6.45) is -3.88. The minimum Gasteiger partial charge on any atom is -0.387 e. The SMILES string of the molecule is CO[C@@H]1[C@H](O)[C@@H](COP(=O)(O)OP(=O)(O)C(Cl)(Cl)P(=O)(O)O)O[C@H]1[n+]1cn(C)c2c(=O)[nH]c(N)nc21. The number of aromatic amines is 1. The average molecular weight is 619 g/mol. The lowest BCUT2D eigenvalue weighted by Gasteiger charge is -2.26. The molecule has 3 rings (SSSR count). The Labute approximate surface area is 210 Å². The number of fused-ring (bicyclic) bond motifs is 1. The number of nitrogen functional groups attached to an aromatic ring is 1. The highest BCUT2D eigenvalue weighted by molar-refractivity contribution is 7.81. The third-order valence-electron chi connectivity index (χ3n) is 4.96. The summed E-state index contributed by atoms with van der Waals surface area (Å²) in [5.41, 5.74) is 5.19. The number of ether oxygens (including phenoxy) is 2. The normalized spacial score (nSPS) is 26.7. The van der Waals surface area contributed by atoms with Crippen LogP contribution in [0.25, 0.3) is 11.2 Å². The van der Waals surface area contributed by atoms with Gasteiger partial charge in [0.1, 0.15) is 18.3 Å². The van der Waals surface area contributed by atoms with Crippen LogP contribution in [0.3, 0.4) is 0 Å². The molecule has 1 fully saturated rings. The van der Waals surface area contributed by atoms with E-state index in [2.05, 4.69) is 18.8 Å². The number of H-pyrrole nitrogens is 1. The number of alkyl halides is 2. The molecule has 0 radical (unpaired) electrons. The van der Waals surface area contributed by atoms with E-state index in [1.165, 1.54) is 29.6 Å². The molecule has 0 aliphatic carbocycles. The Hall–Kier alpha value is -0.940. The first-order chi connectivity index (χ1) is 16.3. The van der Waals surface area contributed by atoms with E-state index < -0.39 is 63.5 Å². The number of rotatable bonds is 9. The third kappa shape index (κ3) is 5.44. The number of aryl methyl sites for hydroxylation is 1. The molecule has 18 nitrogen and oxygen atoms in total. The van der Waals surface area contributed by atoms with Crippen LogP contribution in [0.5, 0.6) is 0 Å². The van der Waals surface area contributed by atoms with Gasteiger partial charge in [-0.3, -0.25) is 28.0 Å². The van der Waals surface area contributed by atoms with Crippen molar-refractivity contribution >= 4 is 63.3 Å². The Balaban J connectivity index is 1.82. The minimum absolute atomic E-state index is 0.0509. The van der Waals surface area contributed by atoms with Crippen LogP contribution in [-0.2, 0) is 39.1 Å². The summed E-state index contributed by atoms with van der Waals surface area (Å²) in [7, 11) is -14.4. The molecule has 0 saturated carbocycles. The van der Waals surface area contributed by atoms with Gasteiger partial charge in [-0.05, 0) is 0 Å². The lowest BCUT2D eigenvalue weighted by Crippen LogP contribution is -2.47. The zero-order valence-corrected chi connectivity index (χ0v) is 22.3. The number of imidazole rings is 1. The summed E-state index contributed by atoms with van der Waals surface area (Å²) in [6, 6.07) is 0. The summed E-state index contributed by atoms with van der Waals surface area (Å²) in [5, 5.41) is 10.6. The number of nitrogens with zero attached hydrogens (tertiary/aromatic N) is 3. The number of halogens is 2. The number of hydrogen-bond donors (Lipinski definition) is 7. The number of aliphatic hydroxyl groups is 1. The van der Waals surface area contributed by atoms with Gasteiger partial charge in [-0.15, -0.1) is 0 Å². The van der Waals surface area contributed by atoms with Crippen LogP contribution in [0.1, 0.15) is 6.23 Å². The van der Waals surface area contributed by atoms with E-state index in [1.54, 1.807) is 0 Å². The van der Waals surface area contributed by atoms with Crippen molar-refractivity contribution in [3.05, 3.63) is 16.7 Å². The van der Waals surface area contributed by atoms with Crippen molar-refractivity contribution in [2.75, 3.05) is 19.5 Å². The number of nitrogens with one attached hydrogen (secondary N) is 1. The standard InChI is InChI=1S/C13H20Cl2N5O13P3/c1-19-4-20(9-6(19)10(22)18-12(16)17-9)11-8(30-2)7(21)5(32-11)3-31-36(28,29)33-35(26,27)13(14,15)34(23,24)25/h4-5,7-8,11,21H,3H2,1-2H3,(H6-,16,17,18,22,23,24,25,26,27,28,29)/p+1/t5-,7-,8-,11-/m1/s1. The molecule has 0 aromatic carbocycles. The molecule has 0 spiro atoms. The Morgan fingerprint density at radius 3 is 2.47 bits per heavy atom. The number of phosphoric ester groups is 1. The van der Waals surface area contributed by atoms with E-state index in [0.29, 0.717) is 0 Å². The summed E-state index contributed by atoms with van der Waals surface area (Å²) < 4.78 is 54.0. The van der Waals surface area contributed by atoms with Crippen LogP contribution in [0, 0.1) is 0 Å². The Bertz CT molecular complexity index is 1360. The fraction of sp³-hybridized carbons (Fsp3) is 0.615. The molecule has 0 amide bonds. The lowest BCUT2D eigenvalue weighted by molar-refractivity contribution is -0.746. The largest absolute Gasteiger partial charge is 0.479 e. The van der Waals surface area contributed by atoms with Crippen molar-refractivity contribution in [3.63, 3.8) is 0 Å². The summed E-state index contributed by atoms with van der Waals surface area (Å²) in [5.74, 6) is -0.211.